The molecule has 4 nitrogen and oxygen atoms in total. The Balaban J connectivity index is 2.13. The van der Waals surface area contributed by atoms with Crippen LogP contribution in [0.25, 0.3) is 0 Å². The van der Waals surface area contributed by atoms with Gasteiger partial charge in [0.1, 0.15) is 0 Å². The number of carbonyl (C=O) groups is 1. The lowest BCUT2D eigenvalue weighted by Gasteiger charge is -2.25. The molecular weight excluding hydrogens is 202 g/mol. The zero-order valence-corrected chi connectivity index (χ0v) is 10.6. The van der Waals surface area contributed by atoms with E-state index in [1.165, 1.54) is 0 Å². The summed E-state index contributed by atoms with van der Waals surface area (Å²) in [5.41, 5.74) is -0.464. The maximum Gasteiger partial charge on any atom is 0.257 e. The molecule has 1 spiro atoms. The van der Waals surface area contributed by atoms with Crippen molar-refractivity contribution in [3.8, 4) is 0 Å². The molecule has 1 amide bonds. The summed E-state index contributed by atoms with van der Waals surface area (Å²) in [7, 11) is 0. The zero-order chi connectivity index (χ0) is 11.9. The summed E-state index contributed by atoms with van der Waals surface area (Å²) in [5.74, 6) is 0.186. The van der Waals surface area contributed by atoms with Crippen LogP contribution in [0.5, 0.6) is 0 Å². The van der Waals surface area contributed by atoms with Gasteiger partial charge in [0.2, 0.25) is 0 Å². The van der Waals surface area contributed by atoms with Gasteiger partial charge in [0.05, 0.1) is 6.34 Å². The third kappa shape index (κ3) is 1.65. The number of hydrogen-bond acceptors (Lipinski definition) is 3. The predicted octanol–water partition coefficient (Wildman–Crippen LogP) is 1.12. The molecule has 90 valence electrons. The second-order valence-corrected chi connectivity index (χ2v) is 5.40. The average Bonchev–Trinajstić information content (AvgIpc) is 2.75. The minimum absolute atomic E-state index is 0.186. The van der Waals surface area contributed by atoms with Crippen LogP contribution in [0.15, 0.2) is 4.99 Å². The van der Waals surface area contributed by atoms with Crippen molar-refractivity contribution < 1.29 is 4.79 Å². The summed E-state index contributed by atoms with van der Waals surface area (Å²) >= 11 is 0. The van der Waals surface area contributed by atoms with Gasteiger partial charge in [-0.05, 0) is 34.1 Å². The molecule has 0 aromatic carbocycles. The fourth-order valence-corrected chi connectivity index (χ4v) is 2.43. The van der Waals surface area contributed by atoms with Gasteiger partial charge in [-0.3, -0.25) is 19.6 Å². The smallest absolute Gasteiger partial charge is 0.257 e. The number of aliphatic imine (C=N–C) groups is 1. The molecule has 0 aromatic rings. The summed E-state index contributed by atoms with van der Waals surface area (Å²) in [6, 6.07) is 0.708. The first-order valence-corrected chi connectivity index (χ1v) is 6.08. The van der Waals surface area contributed by atoms with Gasteiger partial charge in [-0.15, -0.1) is 0 Å². The van der Waals surface area contributed by atoms with Crippen molar-refractivity contribution in [2.45, 2.75) is 51.7 Å². The highest BCUT2D eigenvalue weighted by Crippen LogP contribution is 2.32. The van der Waals surface area contributed by atoms with Crippen LogP contribution < -0.4 is 0 Å². The van der Waals surface area contributed by atoms with Crippen LogP contribution in [0, 0.1) is 0 Å². The van der Waals surface area contributed by atoms with E-state index >= 15 is 0 Å². The van der Waals surface area contributed by atoms with Crippen molar-refractivity contribution in [1.82, 2.24) is 9.80 Å². The van der Waals surface area contributed by atoms with E-state index < -0.39 is 5.54 Å². The Morgan fingerprint density at radius 1 is 1.31 bits per heavy atom. The highest BCUT2D eigenvalue weighted by Gasteiger charge is 2.50. The van der Waals surface area contributed by atoms with E-state index in [9.17, 15) is 4.79 Å². The average molecular weight is 223 g/mol. The maximum atomic E-state index is 12.3. The Bertz CT molecular complexity index is 324. The van der Waals surface area contributed by atoms with Crippen LogP contribution in [0.1, 0.15) is 34.1 Å². The molecule has 4 heteroatoms. The van der Waals surface area contributed by atoms with E-state index in [1.54, 1.807) is 11.2 Å². The van der Waals surface area contributed by atoms with Crippen molar-refractivity contribution >= 4 is 12.2 Å². The van der Waals surface area contributed by atoms with Crippen LogP contribution in [0.3, 0.4) is 0 Å². The lowest BCUT2D eigenvalue weighted by Crippen LogP contribution is -2.46. The minimum atomic E-state index is -0.464. The molecule has 1 atom stereocenters. The SMILES string of the molecule is CC(C)N1CCC2(C1)N=CN(C(C)C)C2=O. The van der Waals surface area contributed by atoms with Gasteiger partial charge < -0.3 is 0 Å². The van der Waals surface area contributed by atoms with Crippen molar-refractivity contribution in [1.29, 1.82) is 0 Å². The van der Waals surface area contributed by atoms with Crippen molar-refractivity contribution in [2.75, 3.05) is 13.1 Å². The van der Waals surface area contributed by atoms with E-state index in [0.29, 0.717) is 6.04 Å². The van der Waals surface area contributed by atoms with Gasteiger partial charge >= 0.3 is 0 Å². The van der Waals surface area contributed by atoms with E-state index in [0.717, 1.165) is 19.5 Å². The Morgan fingerprint density at radius 3 is 2.44 bits per heavy atom. The van der Waals surface area contributed by atoms with Gasteiger partial charge in [0.15, 0.2) is 5.54 Å². The van der Waals surface area contributed by atoms with Gasteiger partial charge in [-0.1, -0.05) is 0 Å². The molecule has 0 N–H and O–H groups in total. The maximum absolute atomic E-state index is 12.3. The molecular formula is C12H21N3O. The molecule has 0 bridgehead atoms. The normalized spacial score (nSPS) is 30.6. The lowest BCUT2D eigenvalue weighted by molar-refractivity contribution is -0.131. The Morgan fingerprint density at radius 2 is 2.00 bits per heavy atom. The molecule has 2 aliphatic heterocycles. The van der Waals surface area contributed by atoms with E-state index in [2.05, 4.69) is 23.7 Å². The predicted molar refractivity (Wildman–Crippen MR) is 64.5 cm³/mol. The summed E-state index contributed by atoms with van der Waals surface area (Å²) in [4.78, 5) is 20.9. The molecule has 16 heavy (non-hydrogen) atoms. The van der Waals surface area contributed by atoms with E-state index in [4.69, 9.17) is 0 Å². The van der Waals surface area contributed by atoms with Gasteiger partial charge in [-0.2, -0.15) is 0 Å². The molecule has 2 aliphatic rings. The monoisotopic (exact) mass is 223 g/mol. The van der Waals surface area contributed by atoms with Gasteiger partial charge in [0, 0.05) is 25.2 Å². The standard InChI is InChI=1S/C12H21N3O/c1-9(2)14-6-5-12(7-14)11(16)15(8-13-12)10(3)4/h8-10H,5-7H2,1-4H3. The topological polar surface area (TPSA) is 35.9 Å². The van der Waals surface area contributed by atoms with Crippen LogP contribution in [-0.2, 0) is 4.79 Å². The molecule has 1 saturated heterocycles. The van der Waals surface area contributed by atoms with Crippen LogP contribution >= 0.6 is 0 Å². The highest BCUT2D eigenvalue weighted by atomic mass is 16.2. The van der Waals surface area contributed by atoms with E-state index in [1.807, 2.05) is 13.8 Å². The number of nitrogens with zero attached hydrogens (tertiary/aromatic N) is 3. The summed E-state index contributed by atoms with van der Waals surface area (Å²) < 4.78 is 0. The first-order chi connectivity index (χ1) is 7.46. The fourth-order valence-electron chi connectivity index (χ4n) is 2.43. The Labute approximate surface area is 97.3 Å². The van der Waals surface area contributed by atoms with E-state index in [-0.39, 0.29) is 11.9 Å². The molecule has 1 fully saturated rings. The number of carbonyl (C=O) groups excluding carboxylic acids is 1. The number of rotatable bonds is 2. The molecule has 2 heterocycles. The highest BCUT2D eigenvalue weighted by molar-refractivity contribution is 6.00. The van der Waals surface area contributed by atoms with Crippen molar-refractivity contribution in [3.05, 3.63) is 0 Å². The molecule has 0 saturated carbocycles. The number of hydrogen-bond donors (Lipinski definition) is 0. The fraction of sp³-hybridized carbons (Fsp3) is 0.833. The lowest BCUT2D eigenvalue weighted by atomic mass is 9.98. The first-order valence-electron chi connectivity index (χ1n) is 6.08. The first kappa shape index (κ1) is 11.6. The molecule has 2 rings (SSSR count). The van der Waals surface area contributed by atoms with Crippen LogP contribution in [0.4, 0.5) is 0 Å². The van der Waals surface area contributed by atoms with Gasteiger partial charge in [-0.25, -0.2) is 0 Å². The molecule has 0 radical (unpaired) electrons. The molecule has 0 aliphatic carbocycles. The summed E-state index contributed by atoms with van der Waals surface area (Å²) in [6.07, 6.45) is 2.60. The van der Waals surface area contributed by atoms with Crippen LogP contribution in [0.2, 0.25) is 0 Å². The summed E-state index contributed by atoms with van der Waals surface area (Å²) in [6.45, 7) is 10.1. The van der Waals surface area contributed by atoms with Gasteiger partial charge in [0.25, 0.3) is 5.91 Å². The molecule has 1 unspecified atom stereocenters. The second-order valence-electron chi connectivity index (χ2n) is 5.40. The molecule has 0 aromatic heterocycles. The zero-order valence-electron chi connectivity index (χ0n) is 10.6. The van der Waals surface area contributed by atoms with Crippen molar-refractivity contribution in [3.63, 3.8) is 0 Å². The minimum Gasteiger partial charge on any atom is -0.299 e. The van der Waals surface area contributed by atoms with Crippen LogP contribution in [-0.4, -0.2) is 52.8 Å². The third-order valence-corrected chi connectivity index (χ3v) is 3.63. The van der Waals surface area contributed by atoms with Crippen molar-refractivity contribution in [2.24, 2.45) is 4.99 Å². The third-order valence-electron chi connectivity index (χ3n) is 3.63. The second kappa shape index (κ2) is 3.84. The number of amides is 1. The number of likely N-dealkylation sites (tertiary alicyclic amines) is 1. The Hall–Kier alpha value is -0.900. The summed E-state index contributed by atoms with van der Waals surface area (Å²) in [5, 5.41) is 0. The quantitative estimate of drug-likeness (QED) is 0.703. The largest absolute Gasteiger partial charge is 0.299 e. The Kier molecular flexibility index (Phi) is 2.78.